The van der Waals surface area contributed by atoms with Crippen molar-refractivity contribution in [3.05, 3.63) is 0 Å². The molecule has 128 valence electrons. The summed E-state index contributed by atoms with van der Waals surface area (Å²) in [6, 6.07) is 0. The summed E-state index contributed by atoms with van der Waals surface area (Å²) in [4.78, 5) is 5.21. The molecule has 4 nitrogen and oxygen atoms in total. The number of piperidine rings is 2. The number of hydrogen-bond acceptors (Lipinski definition) is 4. The van der Waals surface area contributed by atoms with Crippen LogP contribution in [0.1, 0.15) is 46.5 Å². The van der Waals surface area contributed by atoms with Crippen LogP contribution in [0.2, 0.25) is 0 Å². The van der Waals surface area contributed by atoms with E-state index in [1.165, 1.54) is 71.5 Å². The first kappa shape index (κ1) is 16.7. The summed E-state index contributed by atoms with van der Waals surface area (Å²) in [5.74, 6) is 0.902. The topological polar surface area (TPSA) is 27.7 Å². The minimum absolute atomic E-state index is 0.0169. The summed E-state index contributed by atoms with van der Waals surface area (Å²) in [7, 11) is 0. The number of hydrogen-bond donors (Lipinski definition) is 1. The van der Waals surface area contributed by atoms with Crippen LogP contribution in [-0.2, 0) is 4.74 Å². The second kappa shape index (κ2) is 6.76. The Kier molecular flexibility index (Phi) is 5.13. The van der Waals surface area contributed by atoms with Crippen LogP contribution < -0.4 is 5.32 Å². The van der Waals surface area contributed by atoms with Crippen LogP contribution in [-0.4, -0.2) is 67.9 Å². The highest BCUT2D eigenvalue weighted by atomic mass is 16.5. The molecule has 0 atom stereocenters. The third kappa shape index (κ3) is 4.44. The fourth-order valence-electron chi connectivity index (χ4n) is 3.99. The molecule has 0 amide bonds. The highest BCUT2D eigenvalue weighted by Gasteiger charge is 2.39. The predicted molar refractivity (Wildman–Crippen MR) is 91.0 cm³/mol. The van der Waals surface area contributed by atoms with Gasteiger partial charge in [0.1, 0.15) is 0 Å². The maximum atomic E-state index is 5.91. The highest BCUT2D eigenvalue weighted by Crippen LogP contribution is 2.35. The molecule has 0 bridgehead atoms. The molecule has 3 rings (SSSR count). The molecule has 0 aromatic rings. The van der Waals surface area contributed by atoms with Crippen molar-refractivity contribution in [2.24, 2.45) is 11.3 Å². The van der Waals surface area contributed by atoms with Crippen molar-refractivity contribution in [3.63, 3.8) is 0 Å². The number of ether oxygens (including phenoxy) is 1. The second-order valence-corrected chi connectivity index (χ2v) is 8.85. The van der Waals surface area contributed by atoms with Crippen molar-refractivity contribution in [2.75, 3.05) is 52.5 Å². The summed E-state index contributed by atoms with van der Waals surface area (Å²) in [5, 5.41) is 3.46. The van der Waals surface area contributed by atoms with Crippen LogP contribution in [0.15, 0.2) is 0 Å². The molecule has 22 heavy (non-hydrogen) atoms. The van der Waals surface area contributed by atoms with Gasteiger partial charge in [-0.05, 0) is 70.9 Å². The maximum absolute atomic E-state index is 5.91. The summed E-state index contributed by atoms with van der Waals surface area (Å²) in [6.45, 7) is 16.2. The number of rotatable bonds is 4. The third-order valence-corrected chi connectivity index (χ3v) is 5.82. The van der Waals surface area contributed by atoms with Crippen molar-refractivity contribution in [2.45, 2.75) is 52.1 Å². The Morgan fingerprint density at radius 3 is 2.14 bits per heavy atom. The van der Waals surface area contributed by atoms with Crippen molar-refractivity contribution in [1.82, 2.24) is 15.1 Å². The molecule has 0 aliphatic carbocycles. The molecule has 0 aromatic heterocycles. The van der Waals surface area contributed by atoms with E-state index in [0.717, 1.165) is 12.6 Å². The van der Waals surface area contributed by atoms with E-state index in [4.69, 9.17) is 4.74 Å². The van der Waals surface area contributed by atoms with Crippen molar-refractivity contribution < 1.29 is 4.74 Å². The van der Waals surface area contributed by atoms with Crippen LogP contribution in [0.5, 0.6) is 0 Å². The Morgan fingerprint density at radius 2 is 1.64 bits per heavy atom. The Bertz CT molecular complexity index is 344. The Morgan fingerprint density at radius 1 is 1.00 bits per heavy atom. The minimum Gasteiger partial charge on any atom is -0.360 e. The van der Waals surface area contributed by atoms with Crippen LogP contribution in [0.4, 0.5) is 0 Å². The van der Waals surface area contributed by atoms with Gasteiger partial charge in [-0.15, -0.1) is 0 Å². The van der Waals surface area contributed by atoms with Gasteiger partial charge in [-0.25, -0.2) is 0 Å². The first-order chi connectivity index (χ1) is 10.4. The molecule has 0 unspecified atom stereocenters. The second-order valence-electron chi connectivity index (χ2n) is 8.85. The van der Waals surface area contributed by atoms with E-state index < -0.39 is 0 Å². The monoisotopic (exact) mass is 309 g/mol. The molecule has 3 heterocycles. The molecule has 1 spiro atoms. The van der Waals surface area contributed by atoms with E-state index >= 15 is 0 Å². The average Bonchev–Trinajstić information content (AvgIpc) is 2.45. The molecular formula is C18H35N3O. The van der Waals surface area contributed by atoms with E-state index in [1.54, 1.807) is 0 Å². The molecule has 0 saturated carbocycles. The van der Waals surface area contributed by atoms with E-state index in [9.17, 15) is 0 Å². The van der Waals surface area contributed by atoms with Gasteiger partial charge in [-0.2, -0.15) is 0 Å². The first-order valence-corrected chi connectivity index (χ1v) is 9.24. The smallest absolute Gasteiger partial charge is 0.0997 e. The molecule has 3 fully saturated rings. The lowest BCUT2D eigenvalue weighted by Crippen LogP contribution is -2.58. The third-order valence-electron chi connectivity index (χ3n) is 5.82. The maximum Gasteiger partial charge on any atom is 0.0997 e. The van der Waals surface area contributed by atoms with E-state index in [0.29, 0.717) is 5.41 Å². The van der Waals surface area contributed by atoms with Crippen LogP contribution in [0.3, 0.4) is 0 Å². The van der Waals surface area contributed by atoms with Crippen molar-refractivity contribution in [1.29, 1.82) is 0 Å². The molecule has 4 heteroatoms. The fourth-order valence-corrected chi connectivity index (χ4v) is 3.99. The fraction of sp³-hybridized carbons (Fsp3) is 1.00. The molecule has 3 aliphatic heterocycles. The van der Waals surface area contributed by atoms with Gasteiger partial charge < -0.3 is 15.0 Å². The molecule has 0 radical (unpaired) electrons. The zero-order valence-electron chi connectivity index (χ0n) is 14.9. The predicted octanol–water partition coefficient (Wildman–Crippen LogP) is 2.16. The van der Waals surface area contributed by atoms with Gasteiger partial charge >= 0.3 is 0 Å². The Labute approximate surface area is 136 Å². The molecule has 3 saturated heterocycles. The van der Waals surface area contributed by atoms with Crippen LogP contribution in [0, 0.1) is 11.3 Å². The Hall–Kier alpha value is -0.160. The van der Waals surface area contributed by atoms with Crippen LogP contribution in [0.25, 0.3) is 0 Å². The van der Waals surface area contributed by atoms with Gasteiger partial charge in [0.05, 0.1) is 12.3 Å². The zero-order chi connectivity index (χ0) is 15.6. The van der Waals surface area contributed by atoms with Gasteiger partial charge in [-0.3, -0.25) is 4.90 Å². The normalized spacial score (nSPS) is 28.0. The van der Waals surface area contributed by atoms with Crippen molar-refractivity contribution >= 4 is 0 Å². The molecule has 0 aromatic carbocycles. The first-order valence-electron chi connectivity index (χ1n) is 9.24. The Balaban J connectivity index is 1.32. The van der Waals surface area contributed by atoms with Gasteiger partial charge in [0, 0.05) is 32.7 Å². The average molecular weight is 309 g/mol. The highest BCUT2D eigenvalue weighted by molar-refractivity contribution is 4.96. The van der Waals surface area contributed by atoms with Gasteiger partial charge in [0.15, 0.2) is 0 Å². The summed E-state index contributed by atoms with van der Waals surface area (Å²) in [5.41, 5.74) is 0.668. The lowest BCUT2D eigenvalue weighted by molar-refractivity contribution is -0.0725. The SMILES string of the molecule is CC(C)(C)OCN1CCC(CN2CCC3(CC2)CNC3)CC1. The summed E-state index contributed by atoms with van der Waals surface area (Å²) < 4.78 is 5.91. The number of likely N-dealkylation sites (tertiary alicyclic amines) is 2. The molecule has 3 aliphatic rings. The van der Waals surface area contributed by atoms with Crippen LogP contribution >= 0.6 is 0 Å². The van der Waals surface area contributed by atoms with E-state index in [2.05, 4.69) is 35.9 Å². The van der Waals surface area contributed by atoms with Gasteiger partial charge in [0.2, 0.25) is 0 Å². The lowest BCUT2D eigenvalue weighted by Gasteiger charge is -2.49. The standard InChI is InChI=1S/C18H35N3O/c1-17(2,3)22-15-21-8-4-16(5-9-21)12-20-10-6-18(7-11-20)13-19-14-18/h16,19H,4-15H2,1-3H3. The lowest BCUT2D eigenvalue weighted by atomic mass is 9.73. The summed E-state index contributed by atoms with van der Waals surface area (Å²) >= 11 is 0. The quantitative estimate of drug-likeness (QED) is 0.861. The largest absolute Gasteiger partial charge is 0.360 e. The zero-order valence-corrected chi connectivity index (χ0v) is 14.9. The minimum atomic E-state index is -0.0169. The van der Waals surface area contributed by atoms with E-state index in [-0.39, 0.29) is 5.60 Å². The van der Waals surface area contributed by atoms with Gasteiger partial charge in [-0.1, -0.05) is 0 Å². The molecule has 1 N–H and O–H groups in total. The number of nitrogens with one attached hydrogen (secondary N) is 1. The molecular weight excluding hydrogens is 274 g/mol. The van der Waals surface area contributed by atoms with E-state index in [1.807, 2.05) is 0 Å². The number of nitrogens with zero attached hydrogens (tertiary/aromatic N) is 2. The van der Waals surface area contributed by atoms with Gasteiger partial charge in [0.25, 0.3) is 0 Å². The summed E-state index contributed by atoms with van der Waals surface area (Å²) in [6.07, 6.45) is 5.52. The van der Waals surface area contributed by atoms with Crippen molar-refractivity contribution in [3.8, 4) is 0 Å².